The van der Waals surface area contributed by atoms with Crippen LogP contribution in [-0.2, 0) is 23.9 Å². The second-order valence-corrected chi connectivity index (χ2v) is 6.08. The van der Waals surface area contributed by atoms with Crippen LogP contribution in [0.4, 0.5) is 4.39 Å². The van der Waals surface area contributed by atoms with Gasteiger partial charge in [0, 0.05) is 11.8 Å². The maximum Gasteiger partial charge on any atom is 0.344 e. The maximum absolute atomic E-state index is 15.1. The topological polar surface area (TPSA) is 108 Å². The summed E-state index contributed by atoms with van der Waals surface area (Å²) in [6.45, 7) is 4.79. The summed E-state index contributed by atoms with van der Waals surface area (Å²) in [6, 6.07) is -0.865. The van der Waals surface area contributed by atoms with E-state index >= 15 is 4.39 Å². The summed E-state index contributed by atoms with van der Waals surface area (Å²) in [5, 5.41) is 2.53. The second kappa shape index (κ2) is 6.07. The molecule has 0 aromatic carbocycles. The van der Waals surface area contributed by atoms with Gasteiger partial charge in [-0.1, -0.05) is 0 Å². The summed E-state index contributed by atoms with van der Waals surface area (Å²) in [6.07, 6.45) is 0.503. The predicted octanol–water partition coefficient (Wildman–Crippen LogP) is 0.0629. The molecule has 5 atom stereocenters. The minimum Gasteiger partial charge on any atom is -0.464 e. The summed E-state index contributed by atoms with van der Waals surface area (Å²) < 4.78 is 24.9. The first-order chi connectivity index (χ1) is 10.8. The minimum absolute atomic E-state index is 0.0442. The fraction of sp³-hybridized carbons (Fsp3) is 0.800. The predicted molar refractivity (Wildman–Crippen MR) is 77.8 cm³/mol. The number of alkyl halides is 1. The number of fused-ring (bicyclic) bond motifs is 1. The van der Waals surface area contributed by atoms with E-state index in [4.69, 9.17) is 15.2 Å². The normalized spacial score (nSPS) is 35.9. The van der Waals surface area contributed by atoms with Crippen molar-refractivity contribution in [3.8, 4) is 0 Å². The molecule has 5 unspecified atom stereocenters. The third-order valence-corrected chi connectivity index (χ3v) is 4.65. The Labute approximate surface area is 134 Å². The molecule has 3 N–H and O–H groups in total. The van der Waals surface area contributed by atoms with E-state index in [9.17, 15) is 14.4 Å². The minimum atomic E-state index is -2.26. The number of hydrogen-bond acceptors (Lipinski definition) is 6. The van der Waals surface area contributed by atoms with Crippen molar-refractivity contribution in [2.45, 2.75) is 50.9 Å². The number of esters is 2. The van der Waals surface area contributed by atoms with E-state index in [0.29, 0.717) is 0 Å². The molecule has 7 nitrogen and oxygen atoms in total. The van der Waals surface area contributed by atoms with Gasteiger partial charge in [-0.3, -0.25) is 4.79 Å². The van der Waals surface area contributed by atoms with Gasteiger partial charge in [0.15, 0.2) is 0 Å². The van der Waals surface area contributed by atoms with Crippen LogP contribution in [0, 0.1) is 11.8 Å². The van der Waals surface area contributed by atoms with Crippen LogP contribution in [-0.4, -0.2) is 48.3 Å². The van der Waals surface area contributed by atoms with Gasteiger partial charge in [0.05, 0.1) is 19.3 Å². The van der Waals surface area contributed by atoms with Crippen molar-refractivity contribution in [1.29, 1.82) is 0 Å². The number of amides is 1. The van der Waals surface area contributed by atoms with Crippen LogP contribution < -0.4 is 11.1 Å². The van der Waals surface area contributed by atoms with Crippen LogP contribution in [0.2, 0.25) is 0 Å². The number of nitrogens with two attached hydrogens (primary N) is 1. The smallest absolute Gasteiger partial charge is 0.344 e. The monoisotopic (exact) mass is 330 g/mol. The first-order valence-electron chi connectivity index (χ1n) is 7.86. The molecule has 1 amide bonds. The van der Waals surface area contributed by atoms with Gasteiger partial charge in [0.2, 0.25) is 11.6 Å². The van der Waals surface area contributed by atoms with E-state index in [-0.39, 0.29) is 26.1 Å². The Balaban J connectivity index is 2.31. The second-order valence-electron chi connectivity index (χ2n) is 6.08. The maximum atomic E-state index is 15.1. The number of ether oxygens (including phenoxy) is 2. The van der Waals surface area contributed by atoms with E-state index < -0.39 is 46.9 Å². The van der Waals surface area contributed by atoms with Gasteiger partial charge in [0.25, 0.3) is 0 Å². The summed E-state index contributed by atoms with van der Waals surface area (Å²) in [5.41, 5.74) is 1.71. The standard InChI is InChI=1S/C15H23FN2O5/c1-4-22-12(20)14(18-11(19)8(3)17)7-6-9-10(14)15(9,16)13(21)23-5-2/h8-10H,4-7,17H2,1-3H3,(H,18,19). The highest BCUT2D eigenvalue weighted by Crippen LogP contribution is 2.67. The average Bonchev–Trinajstić information content (AvgIpc) is 2.90. The number of rotatable bonds is 6. The molecule has 2 aliphatic carbocycles. The molecule has 0 saturated heterocycles. The lowest BCUT2D eigenvalue weighted by Crippen LogP contribution is -2.60. The molecule has 8 heteroatoms. The number of nitrogens with one attached hydrogen (secondary N) is 1. The van der Waals surface area contributed by atoms with E-state index in [1.807, 2.05) is 0 Å². The summed E-state index contributed by atoms with van der Waals surface area (Å²) >= 11 is 0. The number of hydrogen-bond donors (Lipinski definition) is 2. The molecule has 2 aliphatic rings. The lowest BCUT2D eigenvalue weighted by Gasteiger charge is -2.32. The lowest BCUT2D eigenvalue weighted by atomic mass is 9.88. The molecule has 130 valence electrons. The zero-order valence-electron chi connectivity index (χ0n) is 13.6. The van der Waals surface area contributed by atoms with Crippen molar-refractivity contribution in [1.82, 2.24) is 5.32 Å². The van der Waals surface area contributed by atoms with Gasteiger partial charge in [0.1, 0.15) is 5.54 Å². The first-order valence-corrected chi connectivity index (χ1v) is 7.86. The Kier molecular flexibility index (Phi) is 4.66. The molecule has 2 fully saturated rings. The molecule has 0 radical (unpaired) electrons. The number of carbonyl (C=O) groups is 3. The Bertz CT molecular complexity index is 526. The molecule has 2 saturated carbocycles. The van der Waals surface area contributed by atoms with Crippen molar-refractivity contribution >= 4 is 17.8 Å². The van der Waals surface area contributed by atoms with Gasteiger partial charge >= 0.3 is 11.9 Å². The Morgan fingerprint density at radius 3 is 2.35 bits per heavy atom. The first kappa shape index (κ1) is 17.7. The van der Waals surface area contributed by atoms with Gasteiger partial charge < -0.3 is 20.5 Å². The van der Waals surface area contributed by atoms with E-state index in [1.165, 1.54) is 6.92 Å². The van der Waals surface area contributed by atoms with Crippen molar-refractivity contribution < 1.29 is 28.2 Å². The number of halogens is 1. The summed E-state index contributed by atoms with van der Waals surface area (Å²) in [4.78, 5) is 36.4. The molecule has 23 heavy (non-hydrogen) atoms. The van der Waals surface area contributed by atoms with Crippen molar-refractivity contribution in [2.24, 2.45) is 17.6 Å². The third-order valence-electron chi connectivity index (χ3n) is 4.65. The van der Waals surface area contributed by atoms with Crippen LogP contribution in [0.1, 0.15) is 33.6 Å². The highest BCUT2D eigenvalue weighted by atomic mass is 19.1. The Morgan fingerprint density at radius 2 is 1.83 bits per heavy atom. The molecule has 0 spiro atoms. The van der Waals surface area contributed by atoms with Crippen molar-refractivity contribution in [3.63, 3.8) is 0 Å². The lowest BCUT2D eigenvalue weighted by molar-refractivity contribution is -0.159. The molecule has 2 rings (SSSR count). The molecular formula is C15H23FN2O5. The molecular weight excluding hydrogens is 307 g/mol. The largest absolute Gasteiger partial charge is 0.464 e. The number of carbonyl (C=O) groups excluding carboxylic acids is 3. The highest BCUT2D eigenvalue weighted by molar-refractivity contribution is 5.95. The van der Waals surface area contributed by atoms with Crippen LogP contribution in [0.3, 0.4) is 0 Å². The van der Waals surface area contributed by atoms with Gasteiger partial charge in [-0.2, -0.15) is 0 Å². The summed E-state index contributed by atoms with van der Waals surface area (Å²) in [5.74, 6) is -3.93. The highest BCUT2D eigenvalue weighted by Gasteiger charge is 2.83. The molecule has 0 aliphatic heterocycles. The molecule has 0 aromatic rings. The van der Waals surface area contributed by atoms with Gasteiger partial charge in [-0.15, -0.1) is 0 Å². The molecule has 0 bridgehead atoms. The molecule has 0 heterocycles. The fourth-order valence-electron chi connectivity index (χ4n) is 3.58. The van der Waals surface area contributed by atoms with Crippen LogP contribution in [0.5, 0.6) is 0 Å². The molecule has 0 aromatic heterocycles. The van der Waals surface area contributed by atoms with E-state index in [1.54, 1.807) is 13.8 Å². The van der Waals surface area contributed by atoms with Crippen molar-refractivity contribution in [3.05, 3.63) is 0 Å². The van der Waals surface area contributed by atoms with Crippen LogP contribution in [0.25, 0.3) is 0 Å². The Hall–Kier alpha value is -1.70. The van der Waals surface area contributed by atoms with Gasteiger partial charge in [-0.05, 0) is 33.6 Å². The Morgan fingerprint density at radius 1 is 1.26 bits per heavy atom. The zero-order chi connectivity index (χ0) is 17.4. The van der Waals surface area contributed by atoms with Crippen molar-refractivity contribution in [2.75, 3.05) is 13.2 Å². The quantitative estimate of drug-likeness (QED) is 0.667. The van der Waals surface area contributed by atoms with Crippen LogP contribution in [0.15, 0.2) is 0 Å². The average molecular weight is 330 g/mol. The summed E-state index contributed by atoms with van der Waals surface area (Å²) in [7, 11) is 0. The van der Waals surface area contributed by atoms with Crippen LogP contribution >= 0.6 is 0 Å². The zero-order valence-corrected chi connectivity index (χ0v) is 13.6. The fourth-order valence-corrected chi connectivity index (χ4v) is 3.58. The van der Waals surface area contributed by atoms with Gasteiger partial charge in [-0.25, -0.2) is 14.0 Å². The van der Waals surface area contributed by atoms with E-state index in [2.05, 4.69) is 5.32 Å². The third kappa shape index (κ3) is 2.58. The van der Waals surface area contributed by atoms with E-state index in [0.717, 1.165) is 0 Å². The SMILES string of the molecule is CCOC(=O)C1(NC(=O)C(C)N)CCC2C1C2(F)C(=O)OCC.